The highest BCUT2D eigenvalue weighted by atomic mass is 35.5. The second-order valence-electron chi connectivity index (χ2n) is 6.42. The lowest BCUT2D eigenvalue weighted by atomic mass is 10.2. The Morgan fingerprint density at radius 2 is 2.20 bits per heavy atom. The molecule has 2 amide bonds. The highest BCUT2D eigenvalue weighted by molar-refractivity contribution is 7.11. The van der Waals surface area contributed by atoms with Crippen molar-refractivity contribution in [1.29, 1.82) is 0 Å². The number of nitrogens with one attached hydrogen (secondary N) is 2. The first-order valence-corrected chi connectivity index (χ1v) is 10.2. The number of nitrogens with zero attached hydrogens (tertiary/aromatic N) is 3. The molecule has 3 rings (SSSR count). The van der Waals surface area contributed by atoms with Gasteiger partial charge in [0.15, 0.2) is 5.56 Å². The van der Waals surface area contributed by atoms with E-state index in [-0.39, 0.29) is 23.1 Å². The van der Waals surface area contributed by atoms with Gasteiger partial charge in [0.05, 0.1) is 6.33 Å². The van der Waals surface area contributed by atoms with E-state index < -0.39 is 12.0 Å². The molecule has 0 aliphatic carbocycles. The second kappa shape index (κ2) is 10.1. The van der Waals surface area contributed by atoms with Crippen LogP contribution in [0.2, 0.25) is 5.02 Å². The Morgan fingerprint density at radius 1 is 1.37 bits per heavy atom. The monoisotopic (exact) mass is 449 g/mol. The van der Waals surface area contributed by atoms with E-state index in [1.807, 2.05) is 23.8 Å². The maximum atomic E-state index is 12.1. The van der Waals surface area contributed by atoms with Gasteiger partial charge in [0.25, 0.3) is 0 Å². The van der Waals surface area contributed by atoms with E-state index in [2.05, 4.69) is 20.0 Å². The van der Waals surface area contributed by atoms with Crippen LogP contribution in [0, 0.1) is 6.92 Å². The number of urea groups is 1. The van der Waals surface area contributed by atoms with Crippen molar-refractivity contribution in [3.63, 3.8) is 0 Å². The smallest absolute Gasteiger partial charge is 0.344 e. The molecule has 1 aromatic carbocycles. The van der Waals surface area contributed by atoms with Crippen molar-refractivity contribution in [1.82, 2.24) is 19.2 Å². The molecule has 0 aliphatic heterocycles. The third-order valence-electron chi connectivity index (χ3n) is 4.11. The molecule has 0 atom stereocenters. The number of amides is 2. The Kier molecular flexibility index (Phi) is 7.26. The Bertz CT molecular complexity index is 1020. The van der Waals surface area contributed by atoms with Gasteiger partial charge in [0.1, 0.15) is 11.6 Å². The summed E-state index contributed by atoms with van der Waals surface area (Å²) in [6.07, 6.45) is 5.91. The van der Waals surface area contributed by atoms with Gasteiger partial charge in [0.2, 0.25) is 5.88 Å². The number of aromatic nitrogens is 3. The van der Waals surface area contributed by atoms with E-state index in [1.54, 1.807) is 24.7 Å². The lowest BCUT2D eigenvalue weighted by molar-refractivity contribution is 0.0693. The number of carbonyl (C=O) groups is 2. The Morgan fingerprint density at radius 3 is 2.90 bits per heavy atom. The maximum Gasteiger partial charge on any atom is 0.344 e. The predicted octanol–water partition coefficient (Wildman–Crippen LogP) is 3.79. The van der Waals surface area contributed by atoms with E-state index in [0.717, 1.165) is 17.1 Å². The molecule has 0 fully saturated rings. The Labute approximate surface area is 181 Å². The van der Waals surface area contributed by atoms with Gasteiger partial charge in [-0.25, -0.2) is 14.6 Å². The van der Waals surface area contributed by atoms with Crippen molar-refractivity contribution in [2.75, 3.05) is 11.9 Å². The van der Waals surface area contributed by atoms with Crippen molar-refractivity contribution in [2.45, 2.75) is 26.5 Å². The molecular weight excluding hydrogens is 430 g/mol. The van der Waals surface area contributed by atoms with E-state index in [1.165, 1.54) is 0 Å². The molecule has 158 valence electrons. The minimum atomic E-state index is -1.25. The normalized spacial score (nSPS) is 10.6. The molecule has 0 bridgehead atoms. The topological polar surface area (TPSA) is 118 Å². The van der Waals surface area contributed by atoms with Crippen LogP contribution in [0.1, 0.15) is 27.9 Å². The number of aryl methyl sites for hydroxylation is 2. The first kappa shape index (κ1) is 21.6. The Balaban J connectivity index is 1.56. The van der Waals surface area contributed by atoms with Gasteiger partial charge >= 0.3 is 12.0 Å². The van der Waals surface area contributed by atoms with E-state index in [9.17, 15) is 14.7 Å². The van der Waals surface area contributed by atoms with Crippen LogP contribution < -0.4 is 15.4 Å². The number of aromatic carboxylic acids is 1. The van der Waals surface area contributed by atoms with Gasteiger partial charge in [-0.1, -0.05) is 23.7 Å². The van der Waals surface area contributed by atoms with E-state index in [4.69, 9.17) is 16.3 Å². The fraction of sp³-hybridized carbons (Fsp3) is 0.263. The number of halogens is 1. The number of ether oxygens (including phenoxy) is 1. The minimum Gasteiger partial charge on any atom is -0.477 e. The highest BCUT2D eigenvalue weighted by Crippen LogP contribution is 2.31. The van der Waals surface area contributed by atoms with Gasteiger partial charge in [-0.3, -0.25) is 5.32 Å². The predicted molar refractivity (Wildman–Crippen MR) is 113 cm³/mol. The highest BCUT2D eigenvalue weighted by Gasteiger charge is 2.23. The summed E-state index contributed by atoms with van der Waals surface area (Å²) >= 11 is 7.02. The molecule has 9 nitrogen and oxygen atoms in total. The minimum absolute atomic E-state index is 0.0585. The average Bonchev–Trinajstić information content (AvgIpc) is 3.34. The van der Waals surface area contributed by atoms with Crippen LogP contribution in [0.25, 0.3) is 0 Å². The molecule has 2 aromatic heterocycles. The van der Waals surface area contributed by atoms with Crippen LogP contribution in [-0.2, 0) is 13.2 Å². The number of hydrogen-bond acceptors (Lipinski definition) is 6. The van der Waals surface area contributed by atoms with Gasteiger partial charge in [0, 0.05) is 36.1 Å². The van der Waals surface area contributed by atoms with Crippen molar-refractivity contribution in [2.24, 2.45) is 0 Å². The summed E-state index contributed by atoms with van der Waals surface area (Å²) in [6, 6.07) is 4.97. The average molecular weight is 450 g/mol. The van der Waals surface area contributed by atoms with Crippen molar-refractivity contribution < 1.29 is 19.4 Å². The summed E-state index contributed by atoms with van der Waals surface area (Å²) in [4.78, 5) is 27.7. The van der Waals surface area contributed by atoms with Crippen LogP contribution in [-0.4, -0.2) is 37.6 Å². The molecule has 0 radical (unpaired) electrons. The van der Waals surface area contributed by atoms with E-state index >= 15 is 0 Å². The number of benzene rings is 1. The summed E-state index contributed by atoms with van der Waals surface area (Å²) in [5.74, 6) is -1.32. The van der Waals surface area contributed by atoms with Crippen LogP contribution in [0.3, 0.4) is 0 Å². The molecule has 0 saturated heterocycles. The van der Waals surface area contributed by atoms with Crippen molar-refractivity contribution >= 4 is 40.1 Å². The third-order valence-corrected chi connectivity index (χ3v) is 5.21. The number of rotatable bonds is 9. The molecule has 30 heavy (non-hydrogen) atoms. The number of carboxylic acid groups (broad SMARTS) is 1. The molecule has 11 heteroatoms. The number of carboxylic acids is 1. The summed E-state index contributed by atoms with van der Waals surface area (Å²) in [6.45, 7) is 3.10. The summed E-state index contributed by atoms with van der Waals surface area (Å²) in [5, 5.41) is 15.4. The van der Waals surface area contributed by atoms with Crippen LogP contribution in [0.5, 0.6) is 5.88 Å². The lowest BCUT2D eigenvalue weighted by Crippen LogP contribution is -2.30. The quantitative estimate of drug-likeness (QED) is 0.428. The molecule has 0 spiro atoms. The van der Waals surface area contributed by atoms with Crippen LogP contribution in [0.4, 0.5) is 9.80 Å². The molecule has 3 N–H and O–H groups in total. The molecule has 0 aliphatic rings. The Hall–Kier alpha value is -3.11. The second-order valence-corrected chi connectivity index (χ2v) is 7.60. The molecule has 0 saturated carbocycles. The summed E-state index contributed by atoms with van der Waals surface area (Å²) in [7, 11) is 0. The lowest BCUT2D eigenvalue weighted by Gasteiger charge is -2.08. The van der Waals surface area contributed by atoms with Gasteiger partial charge in [-0.2, -0.15) is 4.37 Å². The van der Waals surface area contributed by atoms with Gasteiger partial charge in [-0.15, -0.1) is 0 Å². The third kappa shape index (κ3) is 5.71. The number of hydrogen-bond donors (Lipinski definition) is 3. The zero-order valence-electron chi connectivity index (χ0n) is 16.1. The van der Waals surface area contributed by atoms with Gasteiger partial charge in [-0.05, 0) is 36.5 Å². The summed E-state index contributed by atoms with van der Waals surface area (Å²) < 4.78 is 11.5. The first-order valence-electron chi connectivity index (χ1n) is 9.05. The van der Waals surface area contributed by atoms with Crippen molar-refractivity contribution in [3.05, 3.63) is 58.6 Å². The largest absolute Gasteiger partial charge is 0.477 e. The van der Waals surface area contributed by atoms with Crippen molar-refractivity contribution in [3.8, 4) is 5.88 Å². The van der Waals surface area contributed by atoms with Crippen LogP contribution in [0.15, 0.2) is 36.9 Å². The SMILES string of the molecule is Cc1ccc(COc2nsc(NC(=O)NCCCn3ccnc3)c2C(=O)O)c(Cl)c1. The maximum absolute atomic E-state index is 12.1. The zero-order chi connectivity index (χ0) is 21.5. The fourth-order valence-corrected chi connectivity index (χ4v) is 3.61. The van der Waals surface area contributed by atoms with E-state index in [0.29, 0.717) is 30.1 Å². The first-order chi connectivity index (χ1) is 14.4. The molecule has 0 unspecified atom stereocenters. The molecule has 3 aromatic rings. The number of carbonyl (C=O) groups excluding carboxylic acids is 1. The fourth-order valence-electron chi connectivity index (χ4n) is 2.59. The molecular formula is C19H20ClN5O4S. The zero-order valence-corrected chi connectivity index (χ0v) is 17.7. The number of anilines is 1. The molecule has 2 heterocycles. The number of imidazole rings is 1. The standard InChI is InChI=1S/C19H20ClN5O4S/c1-12-3-4-13(14(20)9-12)10-29-16-15(18(26)27)17(30-24-16)23-19(28)22-5-2-7-25-8-6-21-11-25/h3-4,6,8-9,11H,2,5,7,10H2,1H3,(H,26,27)(H2,22,23,28). The van der Waals surface area contributed by atoms with Crippen LogP contribution >= 0.6 is 23.1 Å². The van der Waals surface area contributed by atoms with Gasteiger partial charge < -0.3 is 19.7 Å². The summed E-state index contributed by atoms with van der Waals surface area (Å²) in [5.41, 5.74) is 1.51.